The molecule has 0 atom stereocenters. The van der Waals surface area contributed by atoms with Crippen LogP contribution in [0.5, 0.6) is 0 Å². The van der Waals surface area contributed by atoms with Crippen LogP contribution in [0.3, 0.4) is 0 Å². The third-order valence-corrected chi connectivity index (χ3v) is 7.98. The molecular weight excluding hydrogens is 493 g/mol. The van der Waals surface area contributed by atoms with Gasteiger partial charge in [-0.25, -0.2) is 0 Å². The molecule has 0 saturated carbocycles. The predicted molar refractivity (Wildman–Crippen MR) is 140 cm³/mol. The lowest BCUT2D eigenvalue weighted by molar-refractivity contribution is 0.146. The molecule has 3 aromatic heterocycles. The molecule has 186 valence electrons. The summed E-state index contributed by atoms with van der Waals surface area (Å²) in [5.74, 6) is 0. The summed E-state index contributed by atoms with van der Waals surface area (Å²) >= 11 is 0. The number of benzene rings is 2. The summed E-state index contributed by atoms with van der Waals surface area (Å²) in [6.45, 7) is 3.52. The van der Waals surface area contributed by atoms with Crippen molar-refractivity contribution in [1.29, 1.82) is 5.26 Å². The normalized spacial score (nSPS) is 14.9. The van der Waals surface area contributed by atoms with Gasteiger partial charge in [0.25, 0.3) is 0 Å². The Morgan fingerprint density at radius 3 is 2.62 bits per heavy atom. The fourth-order valence-corrected chi connectivity index (χ4v) is 5.86. The summed E-state index contributed by atoms with van der Waals surface area (Å²) in [6, 6.07) is 12.5. The fraction of sp³-hybridized carbons (Fsp3) is 0.222. The number of nitrogens with zero attached hydrogens (tertiary/aromatic N) is 4. The molecule has 2 aromatic carbocycles. The van der Waals surface area contributed by atoms with E-state index >= 15 is 0 Å². The third-order valence-electron chi connectivity index (χ3n) is 7.20. The molecule has 0 amide bonds. The standard InChI is InChI=1S/C27H22FN5O3S/c1-3-16-8-22-24(9-21(16)17-7-19(12-30-11-17)37(28,35)36)33(18-13-32(2)14-18)27-25(26(22)34)20-5-4-15(10-29)6-23(20)31-27/h4-9,11-12,18,31H,3,13-14H2,1-2H3. The second-order valence-corrected chi connectivity index (χ2v) is 10.9. The zero-order valence-corrected chi connectivity index (χ0v) is 20.9. The second kappa shape index (κ2) is 8.23. The van der Waals surface area contributed by atoms with E-state index in [0.29, 0.717) is 50.6 Å². The molecule has 5 aromatic rings. The number of hydrogen-bond acceptors (Lipinski definition) is 6. The zero-order valence-electron chi connectivity index (χ0n) is 20.1. The topological polar surface area (TPSA) is 112 Å². The monoisotopic (exact) mass is 515 g/mol. The van der Waals surface area contributed by atoms with Crippen LogP contribution in [-0.4, -0.2) is 48.0 Å². The van der Waals surface area contributed by atoms with E-state index in [1.165, 1.54) is 12.3 Å². The zero-order chi connectivity index (χ0) is 26.1. The van der Waals surface area contributed by atoms with Crippen LogP contribution in [0.25, 0.3) is 44.0 Å². The van der Waals surface area contributed by atoms with Crippen molar-refractivity contribution in [3.63, 3.8) is 0 Å². The molecule has 6 rings (SSSR count). The first kappa shape index (κ1) is 23.3. The molecule has 10 heteroatoms. The average molecular weight is 516 g/mol. The first-order valence-corrected chi connectivity index (χ1v) is 13.2. The van der Waals surface area contributed by atoms with Gasteiger partial charge in [-0.1, -0.05) is 13.0 Å². The number of halogens is 1. The van der Waals surface area contributed by atoms with Crippen LogP contribution in [0.15, 0.2) is 58.5 Å². The summed E-state index contributed by atoms with van der Waals surface area (Å²) in [6.07, 6.45) is 3.05. The number of rotatable bonds is 4. The Morgan fingerprint density at radius 1 is 1.16 bits per heavy atom. The minimum absolute atomic E-state index is 0.0927. The molecule has 1 fully saturated rings. The van der Waals surface area contributed by atoms with Crippen LogP contribution in [0, 0.1) is 11.3 Å². The first-order chi connectivity index (χ1) is 17.7. The van der Waals surface area contributed by atoms with Gasteiger partial charge in [0, 0.05) is 47.3 Å². The van der Waals surface area contributed by atoms with E-state index < -0.39 is 15.1 Å². The largest absolute Gasteiger partial charge is 0.340 e. The van der Waals surface area contributed by atoms with E-state index in [9.17, 15) is 22.4 Å². The molecular formula is C27H22FN5O3S. The highest BCUT2D eigenvalue weighted by molar-refractivity contribution is 7.86. The molecule has 1 N–H and O–H groups in total. The number of hydrogen-bond donors (Lipinski definition) is 1. The Labute approximate surface area is 211 Å². The van der Waals surface area contributed by atoms with E-state index in [2.05, 4.69) is 25.5 Å². The Kier molecular flexibility index (Phi) is 5.19. The van der Waals surface area contributed by atoms with Gasteiger partial charge in [0.2, 0.25) is 0 Å². The quantitative estimate of drug-likeness (QED) is 0.358. The highest BCUT2D eigenvalue weighted by Crippen LogP contribution is 2.36. The second-order valence-electron chi connectivity index (χ2n) is 9.52. The number of nitrogens with one attached hydrogen (secondary N) is 1. The maximum Gasteiger partial charge on any atom is 0.333 e. The van der Waals surface area contributed by atoms with Crippen molar-refractivity contribution in [2.45, 2.75) is 24.3 Å². The summed E-state index contributed by atoms with van der Waals surface area (Å²) in [7, 11) is -2.90. The Hall–Kier alpha value is -4.07. The molecule has 1 aliphatic heterocycles. The van der Waals surface area contributed by atoms with Gasteiger partial charge in [0.15, 0.2) is 5.43 Å². The fourth-order valence-electron chi connectivity index (χ4n) is 5.40. The van der Waals surface area contributed by atoms with Gasteiger partial charge in [-0.05, 0) is 54.9 Å². The highest BCUT2D eigenvalue weighted by Gasteiger charge is 2.29. The minimum atomic E-state index is -4.93. The van der Waals surface area contributed by atoms with Gasteiger partial charge < -0.3 is 14.5 Å². The van der Waals surface area contributed by atoms with Crippen molar-refractivity contribution in [1.82, 2.24) is 19.4 Å². The van der Waals surface area contributed by atoms with Gasteiger partial charge in [0.05, 0.1) is 28.6 Å². The molecule has 1 saturated heterocycles. The Bertz CT molecular complexity index is 1960. The number of nitriles is 1. The Balaban J connectivity index is 1.73. The van der Waals surface area contributed by atoms with Gasteiger partial charge in [-0.3, -0.25) is 9.78 Å². The van der Waals surface area contributed by atoms with Crippen LogP contribution < -0.4 is 5.43 Å². The molecule has 0 bridgehead atoms. The van der Waals surface area contributed by atoms with Gasteiger partial charge in [-0.2, -0.15) is 13.7 Å². The number of pyridine rings is 2. The van der Waals surface area contributed by atoms with E-state index in [-0.39, 0.29) is 11.5 Å². The van der Waals surface area contributed by atoms with Crippen LogP contribution in [0.2, 0.25) is 0 Å². The third kappa shape index (κ3) is 3.62. The maximum absolute atomic E-state index is 13.9. The lowest BCUT2D eigenvalue weighted by Gasteiger charge is -2.39. The molecule has 4 heterocycles. The number of fused-ring (bicyclic) bond motifs is 4. The minimum Gasteiger partial charge on any atom is -0.340 e. The molecule has 0 spiro atoms. The van der Waals surface area contributed by atoms with E-state index in [1.807, 2.05) is 26.1 Å². The Morgan fingerprint density at radius 2 is 1.95 bits per heavy atom. The summed E-state index contributed by atoms with van der Waals surface area (Å²) in [5.41, 5.74) is 4.43. The van der Waals surface area contributed by atoms with Crippen molar-refractivity contribution in [3.05, 3.63) is 70.1 Å². The molecule has 0 aliphatic carbocycles. The SMILES string of the molecule is CCc1cc2c(=O)c3c4ccc(C#N)cc4[nH]c3n(C3CN(C)C3)c2cc1-c1cncc(S(=O)(=O)F)c1. The van der Waals surface area contributed by atoms with Crippen LogP contribution >= 0.6 is 0 Å². The predicted octanol–water partition coefficient (Wildman–Crippen LogP) is 4.28. The first-order valence-electron chi connectivity index (χ1n) is 11.8. The van der Waals surface area contributed by atoms with Crippen LogP contribution in [0.1, 0.15) is 24.1 Å². The number of aromatic nitrogens is 3. The highest BCUT2D eigenvalue weighted by atomic mass is 32.3. The molecule has 8 nitrogen and oxygen atoms in total. The summed E-state index contributed by atoms with van der Waals surface area (Å²) in [4.78, 5) is 22.9. The average Bonchev–Trinajstić information content (AvgIpc) is 3.25. The lowest BCUT2D eigenvalue weighted by atomic mass is 9.95. The van der Waals surface area contributed by atoms with Gasteiger partial charge >= 0.3 is 10.2 Å². The van der Waals surface area contributed by atoms with Crippen molar-refractivity contribution >= 4 is 43.1 Å². The summed E-state index contributed by atoms with van der Waals surface area (Å²) < 4.78 is 39.0. The number of likely N-dealkylation sites (N-methyl/N-ethyl adjacent to an activating group) is 1. The smallest absolute Gasteiger partial charge is 0.333 e. The van der Waals surface area contributed by atoms with Crippen LogP contribution in [-0.2, 0) is 16.6 Å². The van der Waals surface area contributed by atoms with Gasteiger partial charge in [0.1, 0.15) is 10.5 Å². The number of H-pyrrole nitrogens is 1. The maximum atomic E-state index is 13.9. The van der Waals surface area contributed by atoms with E-state index in [4.69, 9.17) is 0 Å². The van der Waals surface area contributed by atoms with E-state index in [0.717, 1.165) is 30.2 Å². The lowest BCUT2D eigenvalue weighted by Crippen LogP contribution is -2.45. The van der Waals surface area contributed by atoms with Crippen molar-refractivity contribution in [2.24, 2.45) is 0 Å². The van der Waals surface area contributed by atoms with Crippen molar-refractivity contribution in [3.8, 4) is 17.2 Å². The molecule has 37 heavy (non-hydrogen) atoms. The molecule has 0 unspecified atom stereocenters. The van der Waals surface area contributed by atoms with Crippen LogP contribution in [0.4, 0.5) is 3.89 Å². The summed E-state index contributed by atoms with van der Waals surface area (Å²) in [5, 5.41) is 11.2. The molecule has 1 aliphatic rings. The van der Waals surface area contributed by atoms with Crippen molar-refractivity contribution in [2.75, 3.05) is 20.1 Å². The molecule has 0 radical (unpaired) electrons. The number of likely N-dealkylation sites (tertiary alicyclic amines) is 1. The van der Waals surface area contributed by atoms with Crippen molar-refractivity contribution < 1.29 is 12.3 Å². The van der Waals surface area contributed by atoms with Gasteiger partial charge in [-0.15, -0.1) is 3.89 Å². The van der Waals surface area contributed by atoms with E-state index in [1.54, 1.807) is 18.2 Å². The number of aryl methyl sites for hydroxylation is 1. The number of aromatic amines is 1.